The number of nitrogens with zero attached hydrogens (tertiary/aromatic N) is 2. The molecule has 3 nitrogen and oxygen atoms in total. The zero-order valence-electron chi connectivity index (χ0n) is 9.44. The van der Waals surface area contributed by atoms with Gasteiger partial charge in [-0.3, -0.25) is 0 Å². The van der Waals surface area contributed by atoms with Gasteiger partial charge in [0.05, 0.1) is 5.75 Å². The number of nitrogens with two attached hydrogens (primary N) is 1. The van der Waals surface area contributed by atoms with Crippen molar-refractivity contribution >= 4 is 11.8 Å². The topological polar surface area (TPSA) is 51.8 Å². The van der Waals surface area contributed by atoms with Crippen LogP contribution in [0.25, 0.3) is 0 Å². The first-order valence-electron chi connectivity index (χ1n) is 5.39. The molecule has 0 amide bonds. The summed E-state index contributed by atoms with van der Waals surface area (Å²) in [7, 11) is 0. The Balaban J connectivity index is 2.48. The third-order valence-electron chi connectivity index (χ3n) is 2.22. The Hall–Kier alpha value is -0.610. The minimum absolute atomic E-state index is 0.226. The van der Waals surface area contributed by atoms with E-state index in [9.17, 15) is 0 Å². The molecule has 0 spiro atoms. The Morgan fingerprint density at radius 3 is 2.53 bits per heavy atom. The highest BCUT2D eigenvalue weighted by Crippen LogP contribution is 2.08. The van der Waals surface area contributed by atoms with Crippen LogP contribution in [0.15, 0.2) is 12.4 Å². The SMILES string of the molecule is CCSCc1ncc(CC(N)CC)cn1. The molecule has 0 radical (unpaired) electrons. The van der Waals surface area contributed by atoms with Crippen LogP contribution in [0.4, 0.5) is 0 Å². The first-order valence-corrected chi connectivity index (χ1v) is 6.54. The molecule has 0 saturated heterocycles. The molecule has 0 aromatic carbocycles. The molecule has 4 heteroatoms. The quantitative estimate of drug-likeness (QED) is 0.804. The Morgan fingerprint density at radius 1 is 1.33 bits per heavy atom. The number of hydrogen-bond acceptors (Lipinski definition) is 4. The van der Waals surface area contributed by atoms with Crippen LogP contribution in [0.1, 0.15) is 31.7 Å². The second-order valence-corrected chi connectivity index (χ2v) is 4.79. The van der Waals surface area contributed by atoms with Gasteiger partial charge in [-0.05, 0) is 24.2 Å². The van der Waals surface area contributed by atoms with E-state index in [1.165, 1.54) is 0 Å². The lowest BCUT2D eigenvalue weighted by atomic mass is 10.1. The van der Waals surface area contributed by atoms with Crippen LogP contribution < -0.4 is 5.73 Å². The summed E-state index contributed by atoms with van der Waals surface area (Å²) in [6, 6.07) is 0.226. The van der Waals surface area contributed by atoms with Crippen molar-refractivity contribution in [1.82, 2.24) is 9.97 Å². The van der Waals surface area contributed by atoms with Gasteiger partial charge < -0.3 is 5.73 Å². The minimum Gasteiger partial charge on any atom is -0.327 e. The second kappa shape index (κ2) is 6.80. The fraction of sp³-hybridized carbons (Fsp3) is 0.636. The van der Waals surface area contributed by atoms with Crippen LogP contribution in [-0.4, -0.2) is 21.8 Å². The molecule has 0 aliphatic heterocycles. The summed E-state index contributed by atoms with van der Waals surface area (Å²) in [6.45, 7) is 4.23. The maximum atomic E-state index is 5.86. The Labute approximate surface area is 95.9 Å². The molecule has 1 atom stereocenters. The van der Waals surface area contributed by atoms with Crippen molar-refractivity contribution in [1.29, 1.82) is 0 Å². The van der Waals surface area contributed by atoms with Gasteiger partial charge in [-0.25, -0.2) is 9.97 Å². The molecule has 1 heterocycles. The zero-order chi connectivity index (χ0) is 11.1. The third kappa shape index (κ3) is 4.62. The van der Waals surface area contributed by atoms with E-state index in [2.05, 4.69) is 23.8 Å². The first kappa shape index (κ1) is 12.5. The molecule has 0 bridgehead atoms. The second-order valence-electron chi connectivity index (χ2n) is 3.52. The summed E-state index contributed by atoms with van der Waals surface area (Å²) in [6.07, 6.45) is 5.66. The molecule has 0 aliphatic rings. The van der Waals surface area contributed by atoms with Crippen molar-refractivity contribution in [2.45, 2.75) is 38.5 Å². The zero-order valence-corrected chi connectivity index (χ0v) is 10.3. The number of thioether (sulfide) groups is 1. The Morgan fingerprint density at radius 2 is 2.00 bits per heavy atom. The van der Waals surface area contributed by atoms with Crippen LogP contribution in [0.2, 0.25) is 0 Å². The van der Waals surface area contributed by atoms with Gasteiger partial charge in [0.1, 0.15) is 5.82 Å². The van der Waals surface area contributed by atoms with Gasteiger partial charge in [0.15, 0.2) is 0 Å². The van der Waals surface area contributed by atoms with Gasteiger partial charge >= 0.3 is 0 Å². The smallest absolute Gasteiger partial charge is 0.138 e. The first-order chi connectivity index (χ1) is 7.26. The highest BCUT2D eigenvalue weighted by atomic mass is 32.2. The lowest BCUT2D eigenvalue weighted by Crippen LogP contribution is -2.21. The lowest BCUT2D eigenvalue weighted by Gasteiger charge is -2.07. The molecular formula is C11H19N3S. The van der Waals surface area contributed by atoms with Crippen molar-refractivity contribution in [3.05, 3.63) is 23.8 Å². The predicted octanol–water partition coefficient (Wildman–Crippen LogP) is 2.01. The van der Waals surface area contributed by atoms with Gasteiger partial charge in [0.2, 0.25) is 0 Å². The fourth-order valence-electron chi connectivity index (χ4n) is 1.20. The molecule has 0 fully saturated rings. The van der Waals surface area contributed by atoms with E-state index in [1.807, 2.05) is 24.2 Å². The average molecular weight is 225 g/mol. The molecule has 0 saturated carbocycles. The minimum atomic E-state index is 0.226. The molecule has 1 aromatic heterocycles. The van der Waals surface area contributed by atoms with Crippen LogP contribution in [0.5, 0.6) is 0 Å². The summed E-state index contributed by atoms with van der Waals surface area (Å²) < 4.78 is 0. The molecule has 1 unspecified atom stereocenters. The summed E-state index contributed by atoms with van der Waals surface area (Å²) in [5, 5.41) is 0. The normalized spacial score (nSPS) is 12.7. The Kier molecular flexibility index (Phi) is 5.65. The highest BCUT2D eigenvalue weighted by molar-refractivity contribution is 7.98. The summed E-state index contributed by atoms with van der Waals surface area (Å²) in [5.74, 6) is 2.92. The summed E-state index contributed by atoms with van der Waals surface area (Å²) >= 11 is 1.84. The molecule has 15 heavy (non-hydrogen) atoms. The van der Waals surface area contributed by atoms with E-state index in [4.69, 9.17) is 5.73 Å². The maximum absolute atomic E-state index is 5.86. The molecular weight excluding hydrogens is 206 g/mol. The van der Waals surface area contributed by atoms with Gasteiger partial charge in [0.25, 0.3) is 0 Å². The molecule has 84 valence electrons. The average Bonchev–Trinajstić information content (AvgIpc) is 2.28. The van der Waals surface area contributed by atoms with Crippen molar-refractivity contribution < 1.29 is 0 Å². The third-order valence-corrected chi connectivity index (χ3v) is 3.09. The van der Waals surface area contributed by atoms with E-state index in [1.54, 1.807) is 0 Å². The van der Waals surface area contributed by atoms with Gasteiger partial charge in [-0.15, -0.1) is 0 Å². The molecule has 1 rings (SSSR count). The largest absolute Gasteiger partial charge is 0.327 e. The molecule has 2 N–H and O–H groups in total. The van der Waals surface area contributed by atoms with Crippen LogP contribution in [0.3, 0.4) is 0 Å². The van der Waals surface area contributed by atoms with Gasteiger partial charge in [0, 0.05) is 18.4 Å². The van der Waals surface area contributed by atoms with Crippen molar-refractivity contribution in [3.8, 4) is 0 Å². The fourth-order valence-corrected chi connectivity index (χ4v) is 1.74. The highest BCUT2D eigenvalue weighted by Gasteiger charge is 2.02. The van der Waals surface area contributed by atoms with E-state index in [-0.39, 0.29) is 6.04 Å². The summed E-state index contributed by atoms with van der Waals surface area (Å²) in [4.78, 5) is 8.63. The molecule has 0 aliphatic carbocycles. The molecule has 1 aromatic rings. The van der Waals surface area contributed by atoms with Crippen molar-refractivity contribution in [3.63, 3.8) is 0 Å². The predicted molar refractivity (Wildman–Crippen MR) is 65.8 cm³/mol. The Bertz CT molecular complexity index is 274. The van der Waals surface area contributed by atoms with Crippen LogP contribution in [-0.2, 0) is 12.2 Å². The van der Waals surface area contributed by atoms with Crippen LogP contribution in [0, 0.1) is 0 Å². The number of hydrogen-bond donors (Lipinski definition) is 1. The number of aromatic nitrogens is 2. The van der Waals surface area contributed by atoms with E-state index >= 15 is 0 Å². The van der Waals surface area contributed by atoms with Crippen molar-refractivity contribution in [2.75, 3.05) is 5.75 Å². The van der Waals surface area contributed by atoms with Crippen molar-refractivity contribution in [2.24, 2.45) is 5.73 Å². The monoisotopic (exact) mass is 225 g/mol. The standard InChI is InChI=1S/C11H19N3S/c1-3-10(12)5-9-6-13-11(14-7-9)8-15-4-2/h6-7,10H,3-5,8,12H2,1-2H3. The van der Waals surface area contributed by atoms with E-state index < -0.39 is 0 Å². The number of rotatable bonds is 6. The lowest BCUT2D eigenvalue weighted by molar-refractivity contribution is 0.642. The van der Waals surface area contributed by atoms with E-state index in [0.29, 0.717) is 0 Å². The van der Waals surface area contributed by atoms with Crippen LogP contribution >= 0.6 is 11.8 Å². The van der Waals surface area contributed by atoms with Gasteiger partial charge in [-0.1, -0.05) is 13.8 Å². The van der Waals surface area contributed by atoms with E-state index in [0.717, 1.165) is 35.7 Å². The summed E-state index contributed by atoms with van der Waals surface area (Å²) in [5.41, 5.74) is 7.00. The van der Waals surface area contributed by atoms with Gasteiger partial charge in [-0.2, -0.15) is 11.8 Å². The maximum Gasteiger partial charge on any atom is 0.138 e.